The van der Waals surface area contributed by atoms with Crippen molar-refractivity contribution >= 4 is 23.5 Å². The number of benzene rings is 2. The van der Waals surface area contributed by atoms with E-state index in [-0.39, 0.29) is 5.56 Å². The van der Waals surface area contributed by atoms with Crippen LogP contribution in [0.3, 0.4) is 0 Å². The first-order valence-electron chi connectivity index (χ1n) is 11.5. The van der Waals surface area contributed by atoms with Gasteiger partial charge in [-0.05, 0) is 49.8 Å². The van der Waals surface area contributed by atoms with Crippen LogP contribution in [-0.2, 0) is 7.05 Å². The van der Waals surface area contributed by atoms with Crippen LogP contribution < -0.4 is 15.0 Å². The Labute approximate surface area is 204 Å². The number of anilines is 1. The summed E-state index contributed by atoms with van der Waals surface area (Å²) in [5.74, 6) is 0. The first kappa shape index (κ1) is 22.3. The molecule has 0 spiro atoms. The lowest BCUT2D eigenvalue weighted by molar-refractivity contribution is -0.611. The standard InChI is InChI=1S/C28H29N4OS/c1-6-30-24-14-10-11-15-25(24)34-26(30)18-22-16-19(2)31(20(3)17-22)27-21(4)29(5)32(28(27)33)23-12-8-7-9-13-23/h7-18H,6H2,1-5H3/q+1. The zero-order chi connectivity index (χ0) is 24.0. The molecule has 0 N–H and O–H groups in total. The molecule has 1 aliphatic heterocycles. The molecule has 1 aliphatic rings. The Hall–Kier alpha value is -3.51. The van der Waals surface area contributed by atoms with Gasteiger partial charge < -0.3 is 4.90 Å². The van der Waals surface area contributed by atoms with Gasteiger partial charge in [0.15, 0.2) is 11.4 Å². The SMILES string of the molecule is CCN1C(=Cc2cc(C)[n+](-c3c(C)n(C)n(-c4ccccc4)c3=O)c(C)c2)Sc2ccccc21. The molecule has 5 rings (SSSR count). The number of nitrogens with zero attached hydrogens (tertiary/aromatic N) is 4. The highest BCUT2D eigenvalue weighted by atomic mass is 32.2. The van der Waals surface area contributed by atoms with Gasteiger partial charge in [0.25, 0.3) is 5.69 Å². The monoisotopic (exact) mass is 469 g/mol. The van der Waals surface area contributed by atoms with E-state index in [1.165, 1.54) is 15.6 Å². The summed E-state index contributed by atoms with van der Waals surface area (Å²) in [6.45, 7) is 9.25. The van der Waals surface area contributed by atoms with Crippen LogP contribution in [0, 0.1) is 20.8 Å². The van der Waals surface area contributed by atoms with E-state index in [9.17, 15) is 4.79 Å². The van der Waals surface area contributed by atoms with Crippen molar-refractivity contribution in [3.8, 4) is 11.4 Å². The van der Waals surface area contributed by atoms with Crippen LogP contribution in [0.4, 0.5) is 5.69 Å². The molecule has 34 heavy (non-hydrogen) atoms. The quantitative estimate of drug-likeness (QED) is 0.380. The molecule has 0 unspecified atom stereocenters. The lowest BCUT2D eigenvalue weighted by Gasteiger charge is -2.18. The van der Waals surface area contributed by atoms with E-state index in [0.29, 0.717) is 5.69 Å². The zero-order valence-corrected chi connectivity index (χ0v) is 21.1. The van der Waals surface area contributed by atoms with Crippen LogP contribution in [0.1, 0.15) is 29.6 Å². The van der Waals surface area contributed by atoms with Gasteiger partial charge in [-0.15, -0.1) is 0 Å². The summed E-state index contributed by atoms with van der Waals surface area (Å²) in [6, 6.07) is 22.6. The Bertz CT molecular complexity index is 1460. The predicted octanol–water partition coefficient (Wildman–Crippen LogP) is 5.31. The van der Waals surface area contributed by atoms with Gasteiger partial charge in [0, 0.05) is 44.5 Å². The molecule has 172 valence electrons. The molecule has 2 aromatic heterocycles. The molecular formula is C28H29N4OS+. The highest BCUT2D eigenvalue weighted by Crippen LogP contribution is 2.46. The molecule has 3 heterocycles. The van der Waals surface area contributed by atoms with Gasteiger partial charge in [0.2, 0.25) is 0 Å². The number of hydrogen-bond acceptors (Lipinski definition) is 3. The summed E-state index contributed by atoms with van der Waals surface area (Å²) in [5.41, 5.74) is 6.92. The third-order valence-electron chi connectivity index (χ3n) is 6.45. The largest absolute Gasteiger partial charge is 0.344 e. The van der Waals surface area contributed by atoms with Crippen LogP contribution in [-0.4, -0.2) is 15.9 Å². The highest BCUT2D eigenvalue weighted by Gasteiger charge is 2.29. The van der Waals surface area contributed by atoms with Gasteiger partial charge in [-0.25, -0.2) is 4.68 Å². The minimum Gasteiger partial charge on any atom is -0.335 e. The number of fused-ring (bicyclic) bond motifs is 1. The zero-order valence-electron chi connectivity index (χ0n) is 20.2. The minimum atomic E-state index is -0.0209. The summed E-state index contributed by atoms with van der Waals surface area (Å²) < 4.78 is 5.74. The molecule has 0 bridgehead atoms. The number of para-hydroxylation sites is 2. The van der Waals surface area contributed by atoms with Crippen LogP contribution >= 0.6 is 11.8 Å². The van der Waals surface area contributed by atoms with E-state index in [0.717, 1.165) is 34.9 Å². The first-order chi connectivity index (χ1) is 16.4. The normalized spacial score (nSPS) is 14.1. The van der Waals surface area contributed by atoms with E-state index in [4.69, 9.17) is 0 Å². The summed E-state index contributed by atoms with van der Waals surface area (Å²) in [7, 11) is 1.94. The van der Waals surface area contributed by atoms with E-state index in [1.54, 1.807) is 4.68 Å². The van der Waals surface area contributed by atoms with Crippen molar-refractivity contribution in [3.05, 3.63) is 105 Å². The fourth-order valence-corrected chi connectivity index (χ4v) is 6.00. The fraction of sp³-hybridized carbons (Fsp3) is 0.214. The Morgan fingerprint density at radius 2 is 1.59 bits per heavy atom. The average Bonchev–Trinajstić information content (AvgIpc) is 3.28. The van der Waals surface area contributed by atoms with E-state index < -0.39 is 0 Å². The molecule has 0 fully saturated rings. The van der Waals surface area contributed by atoms with Crippen molar-refractivity contribution in [1.29, 1.82) is 0 Å². The second-order valence-electron chi connectivity index (χ2n) is 8.61. The summed E-state index contributed by atoms with van der Waals surface area (Å²) in [6.07, 6.45) is 2.25. The van der Waals surface area contributed by atoms with Crippen LogP contribution in [0.5, 0.6) is 0 Å². The van der Waals surface area contributed by atoms with E-state index in [1.807, 2.05) is 60.7 Å². The van der Waals surface area contributed by atoms with Gasteiger partial charge in [0.05, 0.1) is 16.4 Å². The maximum Gasteiger partial charge on any atom is 0.344 e. The second kappa shape index (κ2) is 8.69. The third-order valence-corrected chi connectivity index (χ3v) is 7.56. The number of rotatable bonds is 4. The average molecular weight is 470 g/mol. The third kappa shape index (κ3) is 3.59. The van der Waals surface area contributed by atoms with Crippen molar-refractivity contribution in [2.75, 3.05) is 11.4 Å². The lowest BCUT2D eigenvalue weighted by Crippen LogP contribution is -2.43. The molecule has 0 atom stereocenters. The molecule has 6 heteroatoms. The van der Waals surface area contributed by atoms with Crippen molar-refractivity contribution in [3.63, 3.8) is 0 Å². The van der Waals surface area contributed by atoms with Gasteiger partial charge in [-0.2, -0.15) is 4.57 Å². The smallest absolute Gasteiger partial charge is 0.335 e. The molecular weight excluding hydrogens is 440 g/mol. The molecule has 5 nitrogen and oxygen atoms in total. The number of aryl methyl sites for hydroxylation is 2. The number of aromatic nitrogens is 3. The maximum atomic E-state index is 13.6. The second-order valence-corrected chi connectivity index (χ2v) is 9.68. The van der Waals surface area contributed by atoms with Crippen LogP contribution in [0.25, 0.3) is 17.5 Å². The molecule has 0 aliphatic carbocycles. The predicted molar refractivity (Wildman–Crippen MR) is 140 cm³/mol. The van der Waals surface area contributed by atoms with Gasteiger partial charge in [0.1, 0.15) is 5.69 Å². The van der Waals surface area contributed by atoms with Gasteiger partial charge in [-0.1, -0.05) is 42.1 Å². The Morgan fingerprint density at radius 1 is 0.941 bits per heavy atom. The highest BCUT2D eigenvalue weighted by molar-refractivity contribution is 8.03. The van der Waals surface area contributed by atoms with Gasteiger partial charge >= 0.3 is 5.56 Å². The summed E-state index contributed by atoms with van der Waals surface area (Å²) in [4.78, 5) is 17.2. The van der Waals surface area contributed by atoms with E-state index >= 15 is 0 Å². The lowest BCUT2D eigenvalue weighted by atomic mass is 10.1. The van der Waals surface area contributed by atoms with Crippen molar-refractivity contribution in [2.24, 2.45) is 7.05 Å². The van der Waals surface area contributed by atoms with Crippen molar-refractivity contribution in [2.45, 2.75) is 32.6 Å². The molecule has 0 saturated heterocycles. The van der Waals surface area contributed by atoms with Crippen molar-refractivity contribution < 1.29 is 4.57 Å². The van der Waals surface area contributed by atoms with Crippen LogP contribution in [0.2, 0.25) is 0 Å². The molecule has 0 amide bonds. The van der Waals surface area contributed by atoms with Crippen LogP contribution in [0.15, 0.2) is 81.4 Å². The summed E-state index contributed by atoms with van der Waals surface area (Å²) >= 11 is 1.81. The fourth-order valence-electron chi connectivity index (χ4n) is 4.81. The maximum absolute atomic E-state index is 13.6. The topological polar surface area (TPSA) is 34.0 Å². The number of pyridine rings is 1. The molecule has 2 aromatic carbocycles. The molecule has 0 saturated carbocycles. The van der Waals surface area contributed by atoms with Gasteiger partial charge in [-0.3, -0.25) is 9.48 Å². The molecule has 0 radical (unpaired) electrons. The Balaban J connectivity index is 1.59. The molecule has 4 aromatic rings. The van der Waals surface area contributed by atoms with E-state index in [2.05, 4.69) is 72.7 Å². The Morgan fingerprint density at radius 3 is 2.26 bits per heavy atom. The Kier molecular flexibility index (Phi) is 5.70. The minimum absolute atomic E-state index is 0.0209. The number of thioether (sulfide) groups is 1. The first-order valence-corrected chi connectivity index (χ1v) is 12.4. The van der Waals surface area contributed by atoms with Crippen molar-refractivity contribution in [1.82, 2.24) is 9.36 Å². The summed E-state index contributed by atoms with van der Waals surface area (Å²) in [5, 5.41) is 1.22. The number of hydrogen-bond donors (Lipinski definition) is 0.